The molecule has 0 aromatic rings. The molecule has 0 amide bonds. The summed E-state index contributed by atoms with van der Waals surface area (Å²) in [6, 6.07) is 1.12. The highest BCUT2D eigenvalue weighted by Gasteiger charge is 2.84. The van der Waals surface area contributed by atoms with Crippen molar-refractivity contribution in [2.24, 2.45) is 17.8 Å². The third kappa shape index (κ3) is 6.97. The average molecular weight is 1010 g/mol. The molecule has 9 aliphatic carbocycles. The maximum atomic E-state index is 9.15. The Morgan fingerprint density at radius 2 is 0.594 bits per heavy atom. The Hall–Kier alpha value is 1.16. The summed E-state index contributed by atoms with van der Waals surface area (Å²) in [5.74, 6) is 2.29. The van der Waals surface area contributed by atoms with Gasteiger partial charge >= 0.3 is 68.5 Å². The summed E-state index contributed by atoms with van der Waals surface area (Å²) in [5.41, 5.74) is 7.72. The third-order valence-corrected chi connectivity index (χ3v) is 74.0. The molecule has 0 N–H and O–H groups in total. The van der Waals surface area contributed by atoms with Crippen molar-refractivity contribution in [1.82, 2.24) is 0 Å². The van der Waals surface area contributed by atoms with E-state index < -0.39 is 68.5 Å². The molecule has 11 atom stereocenters. The lowest BCUT2D eigenvalue weighted by atomic mass is 9.91. The van der Waals surface area contributed by atoms with E-state index in [1.807, 2.05) is 0 Å². The van der Waals surface area contributed by atoms with E-state index in [1.165, 1.54) is 199 Å². The van der Waals surface area contributed by atoms with Gasteiger partial charge in [0.05, 0.1) is 0 Å². The van der Waals surface area contributed by atoms with Crippen LogP contribution in [0.4, 0.5) is 0 Å². The van der Waals surface area contributed by atoms with Crippen LogP contribution in [0.1, 0.15) is 199 Å². The van der Waals surface area contributed by atoms with Gasteiger partial charge in [-0.15, -0.1) is 0 Å². The SMILES string of the molecule is C1=CC2CC1CC2CC[Si]12C[Si]3(C4CCCC4)O[Si]4(C5CCCC5)C[Si]5(C6CCCC6)O[Si](C6CCCC6)(C[Si](C6CCCC6)(O1)O4)O[Si](C1CCCC1)(C[Si](C1CCCC1)(O3)O5)O2. The van der Waals surface area contributed by atoms with Gasteiger partial charge in [0.1, 0.15) is 0 Å². The fourth-order valence-corrected chi connectivity index (χ4v) is 97.5. The molecule has 0 aromatic heterocycles. The van der Waals surface area contributed by atoms with Gasteiger partial charge in [0, 0.05) is 61.5 Å². The molecule has 14 fully saturated rings. The van der Waals surface area contributed by atoms with Crippen LogP contribution in [0.15, 0.2) is 12.2 Å². The molecule has 356 valence electrons. The van der Waals surface area contributed by atoms with E-state index in [2.05, 4.69) is 12.2 Å². The Morgan fingerprint density at radius 1 is 0.312 bits per heavy atom. The van der Waals surface area contributed by atoms with E-state index in [9.17, 15) is 0 Å². The van der Waals surface area contributed by atoms with Crippen molar-refractivity contribution in [3.63, 3.8) is 0 Å². The van der Waals surface area contributed by atoms with Crippen LogP contribution in [0, 0.1) is 17.8 Å². The van der Waals surface area contributed by atoms with Gasteiger partial charge in [-0.25, -0.2) is 0 Å². The Kier molecular flexibility index (Phi) is 11.2. The predicted octanol–water partition coefficient (Wildman–Crippen LogP) is 14.1. The van der Waals surface area contributed by atoms with Crippen LogP contribution in [-0.4, -0.2) is 68.5 Å². The summed E-state index contributed by atoms with van der Waals surface area (Å²) in [5, 5.41) is 0. The van der Waals surface area contributed by atoms with Crippen LogP contribution in [0.2, 0.25) is 67.5 Å². The summed E-state index contributed by atoms with van der Waals surface area (Å²) >= 11 is 0. The van der Waals surface area contributed by atoms with Crippen LogP contribution in [0.25, 0.3) is 0 Å². The Labute approximate surface area is 395 Å². The fraction of sp³-hybridized carbons (Fsp3) is 0.958. The molecule has 0 aromatic carbocycles. The van der Waals surface area contributed by atoms with E-state index >= 15 is 0 Å². The molecule has 15 aliphatic rings. The first-order valence-corrected chi connectivity index (χ1v) is 45.5. The van der Waals surface area contributed by atoms with E-state index in [1.54, 1.807) is 0 Å². The van der Waals surface area contributed by atoms with Crippen LogP contribution in [0.3, 0.4) is 0 Å². The number of allylic oxidation sites excluding steroid dienone is 2. The Balaban J connectivity index is 1.06. The van der Waals surface area contributed by atoms with Crippen molar-refractivity contribution in [3.8, 4) is 0 Å². The maximum absolute atomic E-state index is 9.15. The summed E-state index contributed by atoms with van der Waals surface area (Å²) < 4.78 is 73.0. The highest BCUT2D eigenvalue weighted by molar-refractivity contribution is 7.14. The zero-order valence-corrected chi connectivity index (χ0v) is 47.7. The smallest absolute Gasteiger partial charge is 0.325 e. The number of hydrogen-bond acceptors (Lipinski definition) is 8. The molecule has 16 heteroatoms. The monoisotopic (exact) mass is 1010 g/mol. The lowest BCUT2D eigenvalue weighted by Crippen LogP contribution is -2.87. The predicted molar refractivity (Wildman–Crippen MR) is 268 cm³/mol. The minimum atomic E-state index is -3.10. The number of hydrogen-bond donors (Lipinski definition) is 0. The van der Waals surface area contributed by atoms with Gasteiger partial charge in [-0.05, 0) is 133 Å². The zero-order chi connectivity index (χ0) is 42.3. The normalized spacial score (nSPS) is 51.6. The van der Waals surface area contributed by atoms with Gasteiger partial charge in [-0.1, -0.05) is 102 Å². The highest BCUT2D eigenvalue weighted by atomic mass is 28.6. The quantitative estimate of drug-likeness (QED) is 0.158. The van der Waals surface area contributed by atoms with Gasteiger partial charge in [0.25, 0.3) is 0 Å². The first kappa shape index (κ1) is 43.9. The van der Waals surface area contributed by atoms with Crippen molar-refractivity contribution in [2.75, 3.05) is 0 Å². The molecule has 8 saturated carbocycles. The van der Waals surface area contributed by atoms with E-state index in [0.29, 0.717) is 38.8 Å². The minimum Gasteiger partial charge on any atom is -0.415 e. The number of rotatable bonds is 10. The van der Waals surface area contributed by atoms with Crippen LogP contribution >= 0.6 is 0 Å². The second-order valence-electron chi connectivity index (χ2n) is 25.6. The Bertz CT molecular complexity index is 1610. The van der Waals surface area contributed by atoms with Crippen molar-refractivity contribution in [3.05, 3.63) is 12.2 Å². The van der Waals surface area contributed by atoms with E-state index in [-0.39, 0.29) is 0 Å². The van der Waals surface area contributed by atoms with Crippen molar-refractivity contribution >= 4 is 68.5 Å². The van der Waals surface area contributed by atoms with Crippen molar-refractivity contribution in [1.29, 1.82) is 0 Å². The second kappa shape index (κ2) is 16.3. The molecule has 64 heavy (non-hydrogen) atoms. The highest BCUT2D eigenvalue weighted by Crippen LogP contribution is 2.69. The summed E-state index contributed by atoms with van der Waals surface area (Å²) in [4.78, 5) is 0. The number of fused-ring (bicyclic) bond motifs is 2. The van der Waals surface area contributed by atoms with Gasteiger partial charge < -0.3 is 32.9 Å². The van der Waals surface area contributed by atoms with Gasteiger partial charge in [-0.2, -0.15) is 0 Å². The maximum Gasteiger partial charge on any atom is 0.325 e. The average Bonchev–Trinajstić information content (AvgIpc) is 4.13. The Morgan fingerprint density at radius 3 is 0.859 bits per heavy atom. The van der Waals surface area contributed by atoms with Crippen LogP contribution < -0.4 is 0 Å². The molecule has 11 unspecified atom stereocenters. The second-order valence-corrected chi connectivity index (χ2v) is 57.2. The summed E-state index contributed by atoms with van der Waals surface area (Å²) in [7, 11) is -24.7. The minimum absolute atomic E-state index is 0.507. The van der Waals surface area contributed by atoms with E-state index in [4.69, 9.17) is 32.9 Å². The van der Waals surface area contributed by atoms with Gasteiger partial charge in [0.2, 0.25) is 0 Å². The van der Waals surface area contributed by atoms with Gasteiger partial charge in [-0.3, -0.25) is 0 Å². The molecule has 8 nitrogen and oxygen atoms in total. The third-order valence-electron chi connectivity index (χ3n) is 21.9. The molecular formula is C48H84O8Si8. The van der Waals surface area contributed by atoms with Crippen LogP contribution in [-0.2, 0) is 32.9 Å². The molecule has 6 saturated heterocycles. The zero-order valence-electron chi connectivity index (χ0n) is 39.7. The topological polar surface area (TPSA) is 73.8 Å². The first-order valence-electron chi connectivity index (χ1n) is 28.6. The summed E-state index contributed by atoms with van der Waals surface area (Å²) in [6.07, 6.45) is 45.5. The molecule has 6 aliphatic heterocycles. The van der Waals surface area contributed by atoms with Crippen LogP contribution in [0.5, 0.6) is 0 Å². The van der Waals surface area contributed by atoms with Crippen molar-refractivity contribution < 1.29 is 32.9 Å². The standard InChI is InChI=1S/C48H84O8Si8/c1-2-16-42(15-1)58-35-57(32-31-41-34-39-29-30-40(41)33-39)49-59(43-17-3-4-18-43)36-61(51-58,45-21-7-8-22-45)55-64(48-27-13-14-28-48)38-63(52-58,47-25-11-12-26-47)54-60(50-57,44-19-5-6-20-44)37-62(53-59,56-64)46-23-9-10-24-46/h29-30,39-48H,1-28,31-38H2. The lowest BCUT2D eigenvalue weighted by molar-refractivity contribution is 0.141. The fourth-order valence-electron chi connectivity index (χ4n) is 19.1. The molecule has 10 bridgehead atoms. The molecular weight excluding hydrogens is 929 g/mol. The van der Waals surface area contributed by atoms with Crippen molar-refractivity contribution in [2.45, 2.75) is 267 Å². The molecule has 0 spiro atoms. The summed E-state index contributed by atoms with van der Waals surface area (Å²) in [6.45, 7) is 0. The molecule has 6 heterocycles. The largest absolute Gasteiger partial charge is 0.415 e. The lowest BCUT2D eigenvalue weighted by Gasteiger charge is -2.69. The molecule has 15 rings (SSSR count). The van der Waals surface area contributed by atoms with E-state index in [0.717, 1.165) is 46.5 Å². The molecule has 0 radical (unpaired) electrons. The van der Waals surface area contributed by atoms with Gasteiger partial charge in [0.15, 0.2) is 0 Å². The first-order chi connectivity index (χ1) is 31.3.